The Morgan fingerprint density at radius 2 is 2.06 bits per heavy atom. The van der Waals surface area contributed by atoms with Gasteiger partial charge in [-0.1, -0.05) is 12.1 Å². The lowest BCUT2D eigenvalue weighted by Gasteiger charge is -2.11. The SMILES string of the molecule is CN1C(=O)Cc2c(-c3cnn(C)c3N)cccc21. The first-order valence-corrected chi connectivity index (χ1v) is 5.76. The van der Waals surface area contributed by atoms with Crippen LogP contribution in [0.15, 0.2) is 24.4 Å². The maximum Gasteiger partial charge on any atom is 0.231 e. The number of fused-ring (bicyclic) bond motifs is 1. The Bertz CT molecular complexity index is 644. The van der Waals surface area contributed by atoms with Gasteiger partial charge in [-0.05, 0) is 17.2 Å². The molecule has 1 aliphatic rings. The monoisotopic (exact) mass is 242 g/mol. The summed E-state index contributed by atoms with van der Waals surface area (Å²) in [6.07, 6.45) is 2.17. The van der Waals surface area contributed by atoms with Crippen LogP contribution in [-0.4, -0.2) is 22.7 Å². The summed E-state index contributed by atoms with van der Waals surface area (Å²) in [7, 11) is 3.60. The van der Waals surface area contributed by atoms with E-state index in [1.54, 1.807) is 29.9 Å². The van der Waals surface area contributed by atoms with E-state index >= 15 is 0 Å². The van der Waals surface area contributed by atoms with Crippen molar-refractivity contribution in [1.82, 2.24) is 9.78 Å². The van der Waals surface area contributed by atoms with Gasteiger partial charge in [0.15, 0.2) is 0 Å². The number of carbonyl (C=O) groups is 1. The molecule has 3 rings (SSSR count). The highest BCUT2D eigenvalue weighted by Crippen LogP contribution is 2.37. The van der Waals surface area contributed by atoms with Crippen molar-refractivity contribution in [3.05, 3.63) is 30.0 Å². The van der Waals surface area contributed by atoms with Gasteiger partial charge in [0.2, 0.25) is 5.91 Å². The van der Waals surface area contributed by atoms with Crippen molar-refractivity contribution in [2.24, 2.45) is 7.05 Å². The molecule has 2 N–H and O–H groups in total. The van der Waals surface area contributed by atoms with Gasteiger partial charge in [0, 0.05) is 25.3 Å². The zero-order chi connectivity index (χ0) is 12.9. The van der Waals surface area contributed by atoms with Crippen LogP contribution in [0.2, 0.25) is 0 Å². The first-order chi connectivity index (χ1) is 8.59. The van der Waals surface area contributed by atoms with Gasteiger partial charge in [0.1, 0.15) is 5.82 Å². The Morgan fingerprint density at radius 1 is 1.28 bits per heavy atom. The number of anilines is 2. The third-order valence-electron chi connectivity index (χ3n) is 3.49. The van der Waals surface area contributed by atoms with Crippen molar-refractivity contribution in [3.8, 4) is 11.1 Å². The minimum atomic E-state index is 0.111. The topological polar surface area (TPSA) is 64.2 Å². The summed E-state index contributed by atoms with van der Waals surface area (Å²) < 4.78 is 1.63. The summed E-state index contributed by atoms with van der Waals surface area (Å²) in [4.78, 5) is 13.5. The lowest BCUT2D eigenvalue weighted by molar-refractivity contribution is -0.117. The summed E-state index contributed by atoms with van der Waals surface area (Å²) in [5.74, 6) is 0.727. The van der Waals surface area contributed by atoms with Crippen LogP contribution in [0, 0.1) is 0 Å². The van der Waals surface area contributed by atoms with Gasteiger partial charge in [-0.2, -0.15) is 5.10 Å². The largest absolute Gasteiger partial charge is 0.383 e. The first kappa shape index (κ1) is 10.8. The molecule has 2 heterocycles. The number of nitrogens with zero attached hydrogens (tertiary/aromatic N) is 3. The number of nitrogen functional groups attached to an aromatic ring is 1. The summed E-state index contributed by atoms with van der Waals surface area (Å²) >= 11 is 0. The summed E-state index contributed by atoms with van der Waals surface area (Å²) in [6.45, 7) is 0. The Labute approximate surface area is 105 Å². The Kier molecular flexibility index (Phi) is 2.16. The molecule has 5 heteroatoms. The van der Waals surface area contributed by atoms with Crippen molar-refractivity contribution in [3.63, 3.8) is 0 Å². The van der Waals surface area contributed by atoms with Crippen LogP contribution in [0.5, 0.6) is 0 Å². The molecule has 0 fully saturated rings. The fraction of sp³-hybridized carbons (Fsp3) is 0.231. The van der Waals surface area contributed by atoms with Gasteiger partial charge < -0.3 is 10.6 Å². The number of carbonyl (C=O) groups excluding carboxylic acids is 1. The van der Waals surface area contributed by atoms with Gasteiger partial charge in [-0.3, -0.25) is 9.48 Å². The molecule has 18 heavy (non-hydrogen) atoms. The lowest BCUT2D eigenvalue weighted by Crippen LogP contribution is -2.20. The molecule has 0 unspecified atom stereocenters. The molecule has 1 amide bonds. The van der Waals surface area contributed by atoms with Gasteiger partial charge in [-0.15, -0.1) is 0 Å². The quantitative estimate of drug-likeness (QED) is 0.817. The fourth-order valence-corrected chi connectivity index (χ4v) is 2.39. The van der Waals surface area contributed by atoms with E-state index in [2.05, 4.69) is 5.10 Å². The van der Waals surface area contributed by atoms with E-state index in [0.29, 0.717) is 12.2 Å². The first-order valence-electron chi connectivity index (χ1n) is 5.76. The van der Waals surface area contributed by atoms with Crippen molar-refractivity contribution in [2.45, 2.75) is 6.42 Å². The predicted octanol–water partition coefficient (Wildman–Crippen LogP) is 1.19. The second-order valence-corrected chi connectivity index (χ2v) is 4.50. The maximum absolute atomic E-state index is 11.8. The number of amides is 1. The molecule has 5 nitrogen and oxygen atoms in total. The molecule has 0 saturated heterocycles. The molecule has 2 aromatic rings. The van der Waals surface area contributed by atoms with Crippen molar-refractivity contribution >= 4 is 17.4 Å². The molecule has 92 valence electrons. The van der Waals surface area contributed by atoms with E-state index in [-0.39, 0.29) is 5.91 Å². The lowest BCUT2D eigenvalue weighted by atomic mass is 9.99. The molecular formula is C13H14N4O. The van der Waals surface area contributed by atoms with Crippen LogP contribution in [0.25, 0.3) is 11.1 Å². The zero-order valence-electron chi connectivity index (χ0n) is 10.3. The van der Waals surface area contributed by atoms with E-state index in [9.17, 15) is 4.79 Å². The standard InChI is InChI=1S/C13H14N4O/c1-16-11-5-3-4-8(9(11)6-12(16)18)10-7-15-17(2)13(10)14/h3-5,7H,6,14H2,1-2H3. The number of benzene rings is 1. The predicted molar refractivity (Wildman–Crippen MR) is 70.2 cm³/mol. The molecular weight excluding hydrogens is 228 g/mol. The number of rotatable bonds is 1. The Hall–Kier alpha value is -2.30. The maximum atomic E-state index is 11.8. The highest BCUT2D eigenvalue weighted by atomic mass is 16.2. The fourth-order valence-electron chi connectivity index (χ4n) is 2.39. The van der Waals surface area contributed by atoms with Gasteiger partial charge in [0.25, 0.3) is 0 Å². The van der Waals surface area contributed by atoms with E-state index in [0.717, 1.165) is 22.4 Å². The minimum absolute atomic E-state index is 0.111. The summed E-state index contributed by atoms with van der Waals surface area (Å²) in [5.41, 5.74) is 9.87. The average Bonchev–Trinajstić information content (AvgIpc) is 2.83. The number of nitrogens with two attached hydrogens (primary N) is 1. The van der Waals surface area contributed by atoms with Crippen LogP contribution in [0.3, 0.4) is 0 Å². The van der Waals surface area contributed by atoms with Crippen molar-refractivity contribution in [2.75, 3.05) is 17.7 Å². The summed E-state index contributed by atoms with van der Waals surface area (Å²) in [5, 5.41) is 4.15. The number of likely N-dealkylation sites (N-methyl/N-ethyl adjacent to an activating group) is 1. The number of hydrogen-bond donors (Lipinski definition) is 1. The third kappa shape index (κ3) is 1.33. The molecule has 0 aliphatic carbocycles. The van der Waals surface area contributed by atoms with Crippen molar-refractivity contribution < 1.29 is 4.79 Å². The second kappa shape index (κ2) is 3.60. The molecule has 1 aromatic carbocycles. The van der Waals surface area contributed by atoms with E-state index < -0.39 is 0 Å². The highest BCUT2D eigenvalue weighted by Gasteiger charge is 2.27. The molecule has 0 radical (unpaired) electrons. The summed E-state index contributed by atoms with van der Waals surface area (Å²) in [6, 6.07) is 5.88. The minimum Gasteiger partial charge on any atom is -0.383 e. The number of aryl methyl sites for hydroxylation is 1. The van der Waals surface area contributed by atoms with E-state index in [1.165, 1.54) is 0 Å². The van der Waals surface area contributed by atoms with Crippen molar-refractivity contribution in [1.29, 1.82) is 0 Å². The third-order valence-corrected chi connectivity index (χ3v) is 3.49. The van der Waals surface area contributed by atoms with Gasteiger partial charge >= 0.3 is 0 Å². The molecule has 1 aliphatic heterocycles. The average molecular weight is 242 g/mol. The van der Waals surface area contributed by atoms with Crippen LogP contribution >= 0.6 is 0 Å². The number of hydrogen-bond acceptors (Lipinski definition) is 3. The van der Waals surface area contributed by atoms with Crippen LogP contribution in [-0.2, 0) is 18.3 Å². The number of aromatic nitrogens is 2. The van der Waals surface area contributed by atoms with E-state index in [1.807, 2.05) is 18.2 Å². The van der Waals surface area contributed by atoms with Crippen LogP contribution in [0.4, 0.5) is 11.5 Å². The van der Waals surface area contributed by atoms with Crippen LogP contribution < -0.4 is 10.6 Å². The molecule has 0 saturated carbocycles. The second-order valence-electron chi connectivity index (χ2n) is 4.50. The van der Waals surface area contributed by atoms with Gasteiger partial charge in [-0.25, -0.2) is 0 Å². The normalized spacial score (nSPS) is 14.1. The molecule has 1 aromatic heterocycles. The zero-order valence-corrected chi connectivity index (χ0v) is 10.3. The van der Waals surface area contributed by atoms with Crippen LogP contribution in [0.1, 0.15) is 5.56 Å². The molecule has 0 bridgehead atoms. The Balaban J connectivity index is 2.22. The molecule has 0 spiro atoms. The highest BCUT2D eigenvalue weighted by molar-refractivity contribution is 6.03. The van der Waals surface area contributed by atoms with Gasteiger partial charge in [0.05, 0.1) is 12.6 Å². The smallest absolute Gasteiger partial charge is 0.231 e. The molecule has 0 atom stereocenters. The Morgan fingerprint density at radius 3 is 2.72 bits per heavy atom. The van der Waals surface area contributed by atoms with E-state index in [4.69, 9.17) is 5.73 Å².